The molecule has 0 radical (unpaired) electrons. The third-order valence-electron chi connectivity index (χ3n) is 5.88. The summed E-state index contributed by atoms with van der Waals surface area (Å²) in [6.45, 7) is 1.16. The lowest BCUT2D eigenvalue weighted by Gasteiger charge is -2.36. The minimum Gasteiger partial charge on any atom is -0.480 e. The summed E-state index contributed by atoms with van der Waals surface area (Å²) >= 11 is 1.24. The second kappa shape index (κ2) is 9.93. The first-order chi connectivity index (χ1) is 17.9. The number of aliphatic imine (C=N–C) groups is 1. The Hall–Kier alpha value is -4.40. The van der Waals surface area contributed by atoms with Gasteiger partial charge in [-0.3, -0.25) is 20.1 Å². The number of pyridine rings is 1. The van der Waals surface area contributed by atoms with Gasteiger partial charge in [-0.25, -0.2) is 29.1 Å². The summed E-state index contributed by atoms with van der Waals surface area (Å²) < 4.78 is 17.6. The average Bonchev–Trinajstić information content (AvgIpc) is 3.29. The Bertz CT molecular complexity index is 1360. The first kappa shape index (κ1) is 24.3. The number of rotatable bonds is 5. The number of amidine groups is 1. The van der Waals surface area contributed by atoms with E-state index in [9.17, 15) is 19.1 Å². The topological polar surface area (TPSA) is 168 Å². The molecule has 1 fully saturated rings. The highest BCUT2D eigenvalue weighted by molar-refractivity contribution is 8.14. The number of hydrogen-bond acceptors (Lipinski definition) is 11. The molecule has 5 heterocycles. The van der Waals surface area contributed by atoms with Crippen LogP contribution < -0.4 is 20.3 Å². The van der Waals surface area contributed by atoms with E-state index in [-0.39, 0.29) is 22.7 Å². The van der Waals surface area contributed by atoms with Crippen molar-refractivity contribution in [1.29, 1.82) is 0 Å². The number of fused-ring (bicyclic) bond motifs is 1. The molecule has 0 aliphatic carbocycles. The summed E-state index contributed by atoms with van der Waals surface area (Å²) in [5.41, 5.74) is 1.17. The van der Waals surface area contributed by atoms with E-state index in [2.05, 4.69) is 40.5 Å². The van der Waals surface area contributed by atoms with Crippen LogP contribution in [0.15, 0.2) is 48.1 Å². The van der Waals surface area contributed by atoms with Gasteiger partial charge in [0.15, 0.2) is 11.0 Å². The Kier molecular flexibility index (Phi) is 6.52. The molecule has 13 nitrogen and oxygen atoms in total. The van der Waals surface area contributed by atoms with Crippen molar-refractivity contribution in [2.24, 2.45) is 10.9 Å². The fraction of sp³-hybridized carbons (Fsp3) is 0.273. The van der Waals surface area contributed by atoms with Gasteiger partial charge in [0.25, 0.3) is 5.91 Å². The molecule has 2 aliphatic rings. The third-order valence-corrected chi connectivity index (χ3v) is 7.35. The van der Waals surface area contributed by atoms with Gasteiger partial charge < -0.3 is 20.1 Å². The number of carbonyl (C=O) groups is 2. The van der Waals surface area contributed by atoms with Gasteiger partial charge >= 0.3 is 6.09 Å². The highest BCUT2D eigenvalue weighted by Gasteiger charge is 2.53. The fourth-order valence-electron chi connectivity index (χ4n) is 4.20. The zero-order valence-corrected chi connectivity index (χ0v) is 20.1. The third kappa shape index (κ3) is 4.97. The fourth-order valence-corrected chi connectivity index (χ4v) is 5.58. The normalized spacial score (nSPS) is 20.5. The van der Waals surface area contributed by atoms with Crippen LogP contribution in [0.25, 0.3) is 0 Å². The monoisotopic (exact) mass is 525 g/mol. The van der Waals surface area contributed by atoms with Gasteiger partial charge in [0.2, 0.25) is 11.8 Å². The lowest BCUT2D eigenvalue weighted by molar-refractivity contribution is 0.102. The van der Waals surface area contributed by atoms with E-state index in [1.165, 1.54) is 31.3 Å². The maximum atomic E-state index is 13.4. The van der Waals surface area contributed by atoms with Gasteiger partial charge in [0, 0.05) is 37.4 Å². The number of nitrogens with zero attached hydrogens (tertiary/aromatic N) is 7. The van der Waals surface area contributed by atoms with Crippen molar-refractivity contribution in [2.45, 2.75) is 4.75 Å². The first-order valence-electron chi connectivity index (χ1n) is 11.0. The number of carboxylic acid groups (broad SMARTS) is 1. The van der Waals surface area contributed by atoms with Crippen molar-refractivity contribution >= 4 is 40.6 Å². The molecule has 3 aromatic rings. The van der Waals surface area contributed by atoms with Gasteiger partial charge in [-0.15, -0.1) is 0 Å². The number of methoxy groups -OCH3 is 1. The van der Waals surface area contributed by atoms with Gasteiger partial charge in [-0.2, -0.15) is 0 Å². The Labute approximate surface area is 213 Å². The molecule has 0 unspecified atom stereocenters. The molecule has 3 N–H and O–H groups in total. The molecule has 37 heavy (non-hydrogen) atoms. The van der Waals surface area contributed by atoms with Crippen LogP contribution in [-0.2, 0) is 4.75 Å². The van der Waals surface area contributed by atoms with Crippen LogP contribution >= 0.6 is 11.8 Å². The standard InChI is InChI=1S/C22H20FN9O4S/c1-36-17-9-25-15(8-26-17)18(33)30-14-2-3-24-16(4-14)22-11-32(19-27-6-13(23)7-28-19)10-12(22)5-29-20(37-22)31-21(34)35/h2-4,6-9,12H,5,10-11H2,1H3,(H,29,31)(H,34,35)(H,24,30,33)/t12-,22-/m0/s1. The Morgan fingerprint density at radius 2 is 1.97 bits per heavy atom. The Morgan fingerprint density at radius 3 is 2.68 bits per heavy atom. The van der Waals surface area contributed by atoms with Crippen molar-refractivity contribution in [1.82, 2.24) is 30.2 Å². The maximum absolute atomic E-state index is 13.4. The molecule has 0 spiro atoms. The van der Waals surface area contributed by atoms with Gasteiger partial charge in [0.1, 0.15) is 5.69 Å². The number of anilines is 2. The minimum absolute atomic E-state index is 0.0998. The van der Waals surface area contributed by atoms with Crippen molar-refractivity contribution < 1.29 is 23.8 Å². The molecular formula is C22H20FN9O4S. The molecule has 1 saturated heterocycles. The number of thioether (sulfide) groups is 1. The highest BCUT2D eigenvalue weighted by Crippen LogP contribution is 2.51. The Morgan fingerprint density at radius 1 is 1.16 bits per heavy atom. The van der Waals surface area contributed by atoms with Crippen molar-refractivity contribution in [2.75, 3.05) is 37.0 Å². The average molecular weight is 526 g/mol. The number of halogens is 1. The SMILES string of the molecule is COc1cnc(C(=O)Nc2ccnc([C@]34CN(c5ncc(F)cn5)C[C@@H]3CN=C(NC(=O)O)S4)c2)cn1. The smallest absolute Gasteiger partial charge is 0.410 e. The van der Waals surface area contributed by atoms with Crippen LogP contribution in [0.2, 0.25) is 0 Å². The van der Waals surface area contributed by atoms with Crippen LogP contribution in [0.4, 0.5) is 20.8 Å². The number of hydrogen-bond donors (Lipinski definition) is 3. The van der Waals surface area contributed by atoms with Gasteiger partial charge in [-0.1, -0.05) is 11.8 Å². The molecule has 15 heteroatoms. The minimum atomic E-state index is -1.23. The molecule has 0 saturated carbocycles. The van der Waals surface area contributed by atoms with Crippen LogP contribution in [0.1, 0.15) is 16.2 Å². The summed E-state index contributed by atoms with van der Waals surface area (Å²) in [7, 11) is 1.45. The summed E-state index contributed by atoms with van der Waals surface area (Å²) in [5, 5.41) is 14.6. The van der Waals surface area contributed by atoms with Crippen LogP contribution in [0.3, 0.4) is 0 Å². The maximum Gasteiger partial charge on any atom is 0.410 e. The van der Waals surface area contributed by atoms with E-state index in [1.54, 1.807) is 18.3 Å². The van der Waals surface area contributed by atoms with E-state index >= 15 is 0 Å². The quantitative estimate of drug-likeness (QED) is 0.444. The molecule has 2 aliphatic heterocycles. The molecule has 0 bridgehead atoms. The molecule has 2 amide bonds. The van der Waals surface area contributed by atoms with E-state index in [0.717, 1.165) is 12.4 Å². The summed E-state index contributed by atoms with van der Waals surface area (Å²) in [5.74, 6) is -0.499. The number of carbonyl (C=O) groups excluding carboxylic acids is 1. The van der Waals surface area contributed by atoms with E-state index in [4.69, 9.17) is 4.74 Å². The van der Waals surface area contributed by atoms with Crippen LogP contribution in [0.5, 0.6) is 5.88 Å². The van der Waals surface area contributed by atoms with Crippen molar-refractivity contribution in [3.8, 4) is 5.88 Å². The van der Waals surface area contributed by atoms with E-state index in [1.807, 2.05) is 4.90 Å². The second-order valence-corrected chi connectivity index (χ2v) is 9.49. The lowest BCUT2D eigenvalue weighted by Crippen LogP contribution is -2.42. The van der Waals surface area contributed by atoms with E-state index < -0.39 is 22.6 Å². The number of amides is 2. The lowest BCUT2D eigenvalue weighted by atomic mass is 9.90. The van der Waals surface area contributed by atoms with Crippen molar-refractivity contribution in [3.05, 3.63) is 60.3 Å². The molecule has 5 rings (SSSR count). The number of nitrogens with one attached hydrogen (secondary N) is 2. The first-order valence-corrected chi connectivity index (χ1v) is 11.8. The summed E-state index contributed by atoms with van der Waals surface area (Å²) in [4.78, 5) is 51.1. The van der Waals surface area contributed by atoms with Gasteiger partial charge in [0.05, 0.1) is 42.3 Å². The van der Waals surface area contributed by atoms with Gasteiger partial charge in [-0.05, 0) is 12.1 Å². The predicted octanol–water partition coefficient (Wildman–Crippen LogP) is 1.76. The summed E-state index contributed by atoms with van der Waals surface area (Å²) in [6.07, 6.45) is 5.16. The second-order valence-electron chi connectivity index (χ2n) is 8.17. The molecule has 3 aromatic heterocycles. The highest BCUT2D eigenvalue weighted by atomic mass is 32.2. The number of ether oxygens (including phenoxy) is 1. The summed E-state index contributed by atoms with van der Waals surface area (Å²) in [6, 6.07) is 3.37. The molecule has 190 valence electrons. The van der Waals surface area contributed by atoms with Crippen LogP contribution in [0, 0.1) is 11.7 Å². The predicted molar refractivity (Wildman–Crippen MR) is 131 cm³/mol. The molecule has 0 aromatic carbocycles. The number of aromatic nitrogens is 5. The Balaban J connectivity index is 1.45. The molecule has 2 atom stereocenters. The largest absolute Gasteiger partial charge is 0.480 e. The van der Waals surface area contributed by atoms with E-state index in [0.29, 0.717) is 37.0 Å². The van der Waals surface area contributed by atoms with Crippen LogP contribution in [-0.4, -0.2) is 73.9 Å². The molecular weight excluding hydrogens is 505 g/mol. The van der Waals surface area contributed by atoms with Crippen molar-refractivity contribution in [3.63, 3.8) is 0 Å². The zero-order chi connectivity index (χ0) is 26.0. The zero-order valence-electron chi connectivity index (χ0n) is 19.3.